The fourth-order valence-electron chi connectivity index (χ4n) is 1.66. The average Bonchev–Trinajstić information content (AvgIpc) is 2.89. The minimum absolute atomic E-state index is 0.0766. The molecule has 0 amide bonds. The van der Waals surface area contributed by atoms with Gasteiger partial charge in [-0.2, -0.15) is 0 Å². The molecule has 0 aliphatic carbocycles. The predicted molar refractivity (Wildman–Crippen MR) is 85.2 cm³/mol. The van der Waals surface area contributed by atoms with E-state index in [-0.39, 0.29) is 11.1 Å². The van der Waals surface area contributed by atoms with Gasteiger partial charge in [0.25, 0.3) is 0 Å². The first-order valence-corrected chi connectivity index (χ1v) is 8.15. The lowest BCUT2D eigenvalue weighted by atomic mass is 10.3. The Morgan fingerprint density at radius 1 is 1.50 bits per heavy atom. The maximum Gasteiger partial charge on any atom is 0.145 e. The van der Waals surface area contributed by atoms with E-state index in [4.69, 9.17) is 16.3 Å². The van der Waals surface area contributed by atoms with Gasteiger partial charge in [0.15, 0.2) is 0 Å². The first-order valence-electron chi connectivity index (χ1n) is 6.10. The molecule has 1 aromatic heterocycles. The van der Waals surface area contributed by atoms with Crippen molar-refractivity contribution < 1.29 is 9.13 Å². The number of hydrogen-bond donors (Lipinski definition) is 1. The Morgan fingerprint density at radius 3 is 3.00 bits per heavy atom. The summed E-state index contributed by atoms with van der Waals surface area (Å²) in [4.78, 5) is 1.27. The number of rotatable bonds is 6. The summed E-state index contributed by atoms with van der Waals surface area (Å²) in [6.07, 6.45) is -0.0770. The van der Waals surface area contributed by atoms with Crippen molar-refractivity contribution >= 4 is 38.9 Å². The minimum atomic E-state index is -0.483. The number of benzene rings is 1. The van der Waals surface area contributed by atoms with E-state index in [0.29, 0.717) is 16.8 Å². The molecule has 0 aliphatic heterocycles. The van der Waals surface area contributed by atoms with E-state index in [9.17, 15) is 4.39 Å². The summed E-state index contributed by atoms with van der Waals surface area (Å²) in [5, 5.41) is 5.43. The van der Waals surface area contributed by atoms with Crippen LogP contribution in [-0.4, -0.2) is 12.6 Å². The third-order valence-corrected chi connectivity index (χ3v) is 4.40. The molecule has 0 aliphatic rings. The number of ether oxygens (including phenoxy) is 1. The summed E-state index contributed by atoms with van der Waals surface area (Å²) < 4.78 is 19.7. The van der Waals surface area contributed by atoms with Crippen molar-refractivity contribution in [1.29, 1.82) is 0 Å². The van der Waals surface area contributed by atoms with Crippen molar-refractivity contribution in [2.45, 2.75) is 19.6 Å². The molecule has 1 heterocycles. The topological polar surface area (TPSA) is 21.3 Å². The molecule has 0 fully saturated rings. The molecule has 1 unspecified atom stereocenters. The third kappa shape index (κ3) is 4.45. The average molecular weight is 379 g/mol. The molecule has 2 nitrogen and oxygen atoms in total. The maximum absolute atomic E-state index is 13.4. The molecule has 0 bridgehead atoms. The second kappa shape index (κ2) is 7.41. The van der Waals surface area contributed by atoms with Crippen LogP contribution in [0, 0.1) is 5.82 Å². The Hall–Kier alpha value is -0.620. The fourth-order valence-corrected chi connectivity index (χ4v) is 3.07. The predicted octanol–water partition coefficient (Wildman–Crippen LogP) is 4.86. The molecule has 2 aromatic rings. The Labute approximate surface area is 135 Å². The normalized spacial score (nSPS) is 12.4. The number of thiophene rings is 1. The Kier molecular flexibility index (Phi) is 5.84. The van der Waals surface area contributed by atoms with Crippen molar-refractivity contribution in [3.05, 3.63) is 49.8 Å². The van der Waals surface area contributed by atoms with Gasteiger partial charge in [-0.05, 0) is 40.4 Å². The molecule has 1 atom stereocenters. The van der Waals surface area contributed by atoms with Crippen molar-refractivity contribution in [2.24, 2.45) is 0 Å². The largest absolute Gasteiger partial charge is 0.488 e. The molecule has 20 heavy (non-hydrogen) atoms. The van der Waals surface area contributed by atoms with E-state index in [1.54, 1.807) is 11.3 Å². The van der Waals surface area contributed by atoms with Crippen LogP contribution in [0.5, 0.6) is 5.75 Å². The smallest absolute Gasteiger partial charge is 0.145 e. The lowest BCUT2D eigenvalue weighted by Gasteiger charge is -2.16. The zero-order chi connectivity index (χ0) is 14.5. The van der Waals surface area contributed by atoms with Crippen molar-refractivity contribution in [2.75, 3.05) is 6.54 Å². The summed E-state index contributed by atoms with van der Waals surface area (Å²) in [6.45, 7) is 3.41. The molecule has 6 heteroatoms. The van der Waals surface area contributed by atoms with E-state index in [0.717, 1.165) is 6.54 Å². The van der Waals surface area contributed by atoms with Crippen molar-refractivity contribution in [1.82, 2.24) is 5.32 Å². The first-order chi connectivity index (χ1) is 9.56. The molecule has 0 saturated heterocycles. The van der Waals surface area contributed by atoms with Crippen LogP contribution in [0.25, 0.3) is 0 Å². The summed E-state index contributed by atoms with van der Waals surface area (Å²) in [5.41, 5.74) is 0. The highest BCUT2D eigenvalue weighted by Crippen LogP contribution is 2.31. The molecule has 1 N–H and O–H groups in total. The first kappa shape index (κ1) is 15.8. The second-order valence-electron chi connectivity index (χ2n) is 4.34. The monoisotopic (exact) mass is 377 g/mol. The second-order valence-corrected chi connectivity index (χ2v) is 6.63. The Bertz CT molecular complexity index is 565. The number of halogens is 3. The summed E-state index contributed by atoms with van der Waals surface area (Å²) in [5.74, 6) is -0.0269. The van der Waals surface area contributed by atoms with Gasteiger partial charge in [-0.15, -0.1) is 11.3 Å². The SMILES string of the molecule is CC(CNCc1cccs1)Oc1cc(F)c(Cl)cc1Br. The van der Waals surface area contributed by atoms with Crippen LogP contribution in [0.3, 0.4) is 0 Å². The molecular weight excluding hydrogens is 365 g/mol. The van der Waals surface area contributed by atoms with E-state index < -0.39 is 5.82 Å². The van der Waals surface area contributed by atoms with Crippen LogP contribution in [0.2, 0.25) is 5.02 Å². The third-order valence-electron chi connectivity index (χ3n) is 2.61. The van der Waals surface area contributed by atoms with Gasteiger partial charge in [0, 0.05) is 24.0 Å². The fraction of sp³-hybridized carbons (Fsp3) is 0.286. The van der Waals surface area contributed by atoms with Gasteiger partial charge < -0.3 is 10.1 Å². The molecule has 0 spiro atoms. The number of nitrogens with one attached hydrogen (secondary N) is 1. The van der Waals surface area contributed by atoms with E-state index in [1.807, 2.05) is 18.4 Å². The van der Waals surface area contributed by atoms with Crippen molar-refractivity contribution in [3.63, 3.8) is 0 Å². The van der Waals surface area contributed by atoms with Gasteiger partial charge in [0.2, 0.25) is 0 Å². The highest BCUT2D eigenvalue weighted by Gasteiger charge is 2.11. The molecule has 108 valence electrons. The van der Waals surface area contributed by atoms with Crippen LogP contribution < -0.4 is 10.1 Å². The van der Waals surface area contributed by atoms with Crippen LogP contribution >= 0.6 is 38.9 Å². The lowest BCUT2D eigenvalue weighted by molar-refractivity contribution is 0.215. The van der Waals surface area contributed by atoms with Crippen LogP contribution in [0.15, 0.2) is 34.1 Å². The van der Waals surface area contributed by atoms with Crippen LogP contribution in [0.4, 0.5) is 4.39 Å². The van der Waals surface area contributed by atoms with Gasteiger partial charge in [-0.1, -0.05) is 17.7 Å². The zero-order valence-corrected chi connectivity index (χ0v) is 14.0. The number of hydrogen-bond acceptors (Lipinski definition) is 3. The van der Waals surface area contributed by atoms with E-state index in [1.165, 1.54) is 17.0 Å². The standard InChI is InChI=1S/C14H14BrClFNOS/c1-9(7-18-8-10-3-2-4-20-10)19-14-6-13(17)12(16)5-11(14)15/h2-6,9,18H,7-8H2,1H3. The van der Waals surface area contributed by atoms with E-state index in [2.05, 4.69) is 27.3 Å². The summed E-state index contributed by atoms with van der Waals surface area (Å²) in [7, 11) is 0. The molecule has 1 aromatic carbocycles. The highest BCUT2D eigenvalue weighted by molar-refractivity contribution is 9.10. The summed E-state index contributed by atoms with van der Waals surface area (Å²) in [6, 6.07) is 6.89. The zero-order valence-electron chi connectivity index (χ0n) is 10.8. The van der Waals surface area contributed by atoms with Crippen molar-refractivity contribution in [3.8, 4) is 5.75 Å². The van der Waals surface area contributed by atoms with Gasteiger partial charge in [0.05, 0.1) is 9.50 Å². The van der Waals surface area contributed by atoms with Gasteiger partial charge in [0.1, 0.15) is 17.7 Å². The van der Waals surface area contributed by atoms with Crippen LogP contribution in [-0.2, 0) is 6.54 Å². The van der Waals surface area contributed by atoms with Gasteiger partial charge >= 0.3 is 0 Å². The van der Waals surface area contributed by atoms with Gasteiger partial charge in [-0.3, -0.25) is 0 Å². The Balaban J connectivity index is 1.85. The highest BCUT2D eigenvalue weighted by atomic mass is 79.9. The molecule has 0 saturated carbocycles. The molecule has 0 radical (unpaired) electrons. The maximum atomic E-state index is 13.4. The van der Waals surface area contributed by atoms with Crippen LogP contribution in [0.1, 0.15) is 11.8 Å². The molecular formula is C14H14BrClFNOS. The minimum Gasteiger partial charge on any atom is -0.488 e. The summed E-state index contributed by atoms with van der Waals surface area (Å²) >= 11 is 10.7. The lowest BCUT2D eigenvalue weighted by Crippen LogP contribution is -2.28. The molecule has 2 rings (SSSR count). The van der Waals surface area contributed by atoms with E-state index >= 15 is 0 Å². The Morgan fingerprint density at radius 2 is 2.30 bits per heavy atom. The quantitative estimate of drug-likeness (QED) is 0.725. The van der Waals surface area contributed by atoms with Gasteiger partial charge in [-0.25, -0.2) is 4.39 Å².